The van der Waals surface area contributed by atoms with Gasteiger partial charge in [0.1, 0.15) is 0 Å². The van der Waals surface area contributed by atoms with Gasteiger partial charge in [-0.05, 0) is 37.0 Å². The minimum absolute atomic E-state index is 0.0287. The van der Waals surface area contributed by atoms with Crippen molar-refractivity contribution in [2.75, 3.05) is 25.0 Å². The predicted octanol–water partition coefficient (Wildman–Crippen LogP) is 1.61. The van der Waals surface area contributed by atoms with E-state index in [9.17, 15) is 14.4 Å². The van der Waals surface area contributed by atoms with Crippen LogP contribution < -0.4 is 16.4 Å². The van der Waals surface area contributed by atoms with Crippen molar-refractivity contribution in [3.63, 3.8) is 0 Å². The van der Waals surface area contributed by atoms with Gasteiger partial charge < -0.3 is 21.3 Å². The molecule has 0 spiro atoms. The highest BCUT2D eigenvalue weighted by Gasteiger charge is 2.23. The Morgan fingerprint density at radius 3 is 2.50 bits per heavy atom. The van der Waals surface area contributed by atoms with Gasteiger partial charge in [-0.1, -0.05) is 25.4 Å². The Morgan fingerprint density at radius 1 is 1.23 bits per heavy atom. The molecule has 26 heavy (non-hydrogen) atoms. The number of carbonyl (C=O) groups is 3. The molecule has 142 valence electrons. The highest BCUT2D eigenvalue weighted by molar-refractivity contribution is 6.31. The number of amides is 3. The van der Waals surface area contributed by atoms with Crippen LogP contribution in [-0.4, -0.2) is 48.3 Å². The molecule has 1 aromatic carbocycles. The number of anilines is 1. The van der Waals surface area contributed by atoms with Crippen molar-refractivity contribution in [3.8, 4) is 0 Å². The fourth-order valence-electron chi connectivity index (χ4n) is 2.68. The van der Waals surface area contributed by atoms with Gasteiger partial charge in [0.2, 0.25) is 11.8 Å². The van der Waals surface area contributed by atoms with Crippen LogP contribution in [0.4, 0.5) is 5.69 Å². The predicted molar refractivity (Wildman–Crippen MR) is 101 cm³/mol. The Morgan fingerprint density at radius 2 is 1.88 bits per heavy atom. The first-order valence-electron chi connectivity index (χ1n) is 8.71. The molecule has 2 rings (SSSR count). The van der Waals surface area contributed by atoms with E-state index in [-0.39, 0.29) is 24.3 Å². The maximum Gasteiger partial charge on any atom is 0.256 e. The molecule has 1 heterocycles. The Kier molecular flexibility index (Phi) is 6.99. The summed E-state index contributed by atoms with van der Waals surface area (Å²) in [4.78, 5) is 38.4. The number of likely N-dealkylation sites (tertiary alicyclic amines) is 1. The molecule has 3 amide bonds. The Bertz CT molecular complexity index is 687. The van der Waals surface area contributed by atoms with Crippen LogP contribution in [0.1, 0.15) is 37.0 Å². The lowest BCUT2D eigenvalue weighted by atomic mass is 10.1. The molecule has 1 aliphatic rings. The molecule has 8 heteroatoms. The first-order chi connectivity index (χ1) is 12.3. The van der Waals surface area contributed by atoms with Crippen molar-refractivity contribution < 1.29 is 14.4 Å². The lowest BCUT2D eigenvalue weighted by Crippen LogP contribution is -2.46. The second-order valence-corrected chi connectivity index (χ2v) is 7.16. The molecule has 7 nitrogen and oxygen atoms in total. The summed E-state index contributed by atoms with van der Waals surface area (Å²) in [5.41, 5.74) is 6.46. The number of benzene rings is 1. The Hall–Kier alpha value is -2.12. The molecule has 0 bridgehead atoms. The van der Waals surface area contributed by atoms with Crippen molar-refractivity contribution in [1.82, 2.24) is 10.2 Å². The summed E-state index contributed by atoms with van der Waals surface area (Å²) < 4.78 is 0. The molecule has 1 aromatic rings. The minimum atomic E-state index is -0.675. The first-order valence-corrected chi connectivity index (χ1v) is 9.09. The van der Waals surface area contributed by atoms with Crippen molar-refractivity contribution in [1.29, 1.82) is 0 Å². The molecule has 4 N–H and O–H groups in total. The van der Waals surface area contributed by atoms with E-state index in [1.165, 1.54) is 0 Å². The van der Waals surface area contributed by atoms with Gasteiger partial charge in [0.25, 0.3) is 5.91 Å². The summed E-state index contributed by atoms with van der Waals surface area (Å²) in [6, 6.07) is 4.06. The highest BCUT2D eigenvalue weighted by Crippen LogP contribution is 2.24. The fourth-order valence-corrected chi connectivity index (χ4v) is 2.85. The van der Waals surface area contributed by atoms with Crippen molar-refractivity contribution in [3.05, 3.63) is 28.8 Å². The van der Waals surface area contributed by atoms with Crippen LogP contribution in [0.3, 0.4) is 0 Å². The SMILES string of the molecule is CC(C)[C@H](N)C(=O)NCC(=O)Nc1ccc(Cl)cc1C(=O)N1CCCC1. The van der Waals surface area contributed by atoms with E-state index in [1.807, 2.05) is 13.8 Å². The fraction of sp³-hybridized carbons (Fsp3) is 0.500. The lowest BCUT2D eigenvalue weighted by Gasteiger charge is -2.19. The molecule has 1 atom stereocenters. The Balaban J connectivity index is 2.03. The van der Waals surface area contributed by atoms with E-state index in [4.69, 9.17) is 17.3 Å². The highest BCUT2D eigenvalue weighted by atomic mass is 35.5. The van der Waals surface area contributed by atoms with Crippen molar-refractivity contribution in [2.24, 2.45) is 11.7 Å². The molecule has 0 aromatic heterocycles. The number of nitrogens with one attached hydrogen (secondary N) is 2. The van der Waals surface area contributed by atoms with E-state index in [0.29, 0.717) is 29.4 Å². The molecule has 0 unspecified atom stereocenters. The maximum absolute atomic E-state index is 12.7. The van der Waals surface area contributed by atoms with Crippen LogP contribution in [0.5, 0.6) is 0 Å². The molecule has 1 aliphatic heterocycles. The van der Waals surface area contributed by atoms with Crippen molar-refractivity contribution in [2.45, 2.75) is 32.7 Å². The number of nitrogens with two attached hydrogens (primary N) is 1. The summed E-state index contributed by atoms with van der Waals surface area (Å²) in [5.74, 6) is -1.02. The van der Waals surface area contributed by atoms with Gasteiger partial charge in [-0.25, -0.2) is 0 Å². The van der Waals surface area contributed by atoms with Gasteiger partial charge in [-0.2, -0.15) is 0 Å². The molecule has 1 saturated heterocycles. The van der Waals surface area contributed by atoms with E-state index in [1.54, 1.807) is 23.1 Å². The van der Waals surface area contributed by atoms with Crippen molar-refractivity contribution >= 4 is 35.0 Å². The lowest BCUT2D eigenvalue weighted by molar-refractivity contribution is -0.125. The van der Waals surface area contributed by atoms with Gasteiger partial charge in [0, 0.05) is 18.1 Å². The van der Waals surface area contributed by atoms with Crippen LogP contribution in [-0.2, 0) is 9.59 Å². The smallest absolute Gasteiger partial charge is 0.256 e. The van der Waals surface area contributed by atoms with Crippen LogP contribution in [0.25, 0.3) is 0 Å². The van der Waals surface area contributed by atoms with Crippen LogP contribution in [0, 0.1) is 5.92 Å². The number of carbonyl (C=O) groups excluding carboxylic acids is 3. The zero-order valence-corrected chi connectivity index (χ0v) is 15.8. The van der Waals surface area contributed by atoms with E-state index in [0.717, 1.165) is 12.8 Å². The van der Waals surface area contributed by atoms with Gasteiger partial charge in [0.05, 0.1) is 23.8 Å². The monoisotopic (exact) mass is 380 g/mol. The molecule has 0 radical (unpaired) electrons. The number of rotatable bonds is 6. The first kappa shape index (κ1) is 20.2. The molecule has 1 fully saturated rings. The summed E-state index contributed by atoms with van der Waals surface area (Å²) in [7, 11) is 0. The van der Waals surface area contributed by atoms with Gasteiger partial charge in [-0.3, -0.25) is 14.4 Å². The topological polar surface area (TPSA) is 105 Å². The molecular formula is C18H25ClN4O3. The number of hydrogen-bond acceptors (Lipinski definition) is 4. The zero-order chi connectivity index (χ0) is 19.3. The minimum Gasteiger partial charge on any atom is -0.346 e. The standard InChI is InChI=1S/C18H25ClN4O3/c1-11(2)16(20)17(25)21-10-15(24)22-14-6-5-12(19)9-13(14)18(26)23-7-3-4-8-23/h5-6,9,11,16H,3-4,7-8,10,20H2,1-2H3,(H,21,25)(H,22,24)/t16-/m0/s1. The van der Waals surface area contributed by atoms with E-state index in [2.05, 4.69) is 10.6 Å². The van der Waals surface area contributed by atoms with Crippen LogP contribution >= 0.6 is 11.6 Å². The summed E-state index contributed by atoms with van der Waals surface area (Å²) in [6.07, 6.45) is 1.94. The second kappa shape index (κ2) is 9.00. The number of hydrogen-bond donors (Lipinski definition) is 3. The van der Waals surface area contributed by atoms with Gasteiger partial charge in [0.15, 0.2) is 0 Å². The number of nitrogens with zero attached hydrogens (tertiary/aromatic N) is 1. The Labute approximate surface area is 158 Å². The van der Waals surface area contributed by atoms with Gasteiger partial charge in [-0.15, -0.1) is 0 Å². The summed E-state index contributed by atoms with van der Waals surface area (Å²) >= 11 is 6.02. The normalized spacial score (nSPS) is 15.0. The third-order valence-electron chi connectivity index (χ3n) is 4.32. The van der Waals surface area contributed by atoms with Crippen LogP contribution in [0.2, 0.25) is 5.02 Å². The summed E-state index contributed by atoms with van der Waals surface area (Å²) in [5, 5.41) is 5.58. The molecule has 0 saturated carbocycles. The van der Waals surface area contributed by atoms with E-state index < -0.39 is 11.9 Å². The molecular weight excluding hydrogens is 356 g/mol. The third kappa shape index (κ3) is 5.19. The zero-order valence-electron chi connectivity index (χ0n) is 15.0. The summed E-state index contributed by atoms with van der Waals surface area (Å²) in [6.45, 7) is 4.82. The molecule has 0 aliphatic carbocycles. The quantitative estimate of drug-likeness (QED) is 0.697. The van der Waals surface area contributed by atoms with Crippen LogP contribution in [0.15, 0.2) is 18.2 Å². The van der Waals surface area contributed by atoms with Gasteiger partial charge >= 0.3 is 0 Å². The average molecular weight is 381 g/mol. The number of halogens is 1. The second-order valence-electron chi connectivity index (χ2n) is 6.72. The average Bonchev–Trinajstić information content (AvgIpc) is 3.14. The van der Waals surface area contributed by atoms with E-state index >= 15 is 0 Å². The largest absolute Gasteiger partial charge is 0.346 e. The third-order valence-corrected chi connectivity index (χ3v) is 4.56. The maximum atomic E-state index is 12.7.